The fourth-order valence-electron chi connectivity index (χ4n) is 4.29. The van der Waals surface area contributed by atoms with Gasteiger partial charge < -0.3 is 5.11 Å². The molecule has 27 heavy (non-hydrogen) atoms. The Morgan fingerprint density at radius 3 is 2.15 bits per heavy atom. The first-order valence-electron chi connectivity index (χ1n) is 10.00. The predicted octanol–water partition coefficient (Wildman–Crippen LogP) is 5.31. The molecule has 0 aliphatic carbocycles. The van der Waals surface area contributed by atoms with Crippen molar-refractivity contribution >= 4 is 5.97 Å². The number of hydrogen-bond acceptors (Lipinski definition) is 2. The van der Waals surface area contributed by atoms with Crippen molar-refractivity contribution in [3.8, 4) is 0 Å². The van der Waals surface area contributed by atoms with Gasteiger partial charge in [0.05, 0.1) is 12.0 Å². The highest BCUT2D eigenvalue weighted by atomic mass is 16.4. The minimum Gasteiger partial charge on any atom is -0.481 e. The van der Waals surface area contributed by atoms with Gasteiger partial charge in [-0.1, -0.05) is 67.4 Å². The summed E-state index contributed by atoms with van der Waals surface area (Å²) < 4.78 is 0. The summed E-state index contributed by atoms with van der Waals surface area (Å²) in [6, 6.07) is 15.7. The Morgan fingerprint density at radius 1 is 1.00 bits per heavy atom. The van der Waals surface area contributed by atoms with Crippen LogP contribution in [0.5, 0.6) is 0 Å². The summed E-state index contributed by atoms with van der Waals surface area (Å²) in [5.41, 5.74) is 6.34. The number of carboxylic acids is 1. The van der Waals surface area contributed by atoms with E-state index in [2.05, 4.69) is 75.1 Å². The molecular weight excluding hydrogens is 334 g/mol. The third-order valence-corrected chi connectivity index (χ3v) is 5.65. The molecule has 0 amide bonds. The van der Waals surface area contributed by atoms with Crippen molar-refractivity contribution < 1.29 is 9.90 Å². The molecule has 0 spiro atoms. The van der Waals surface area contributed by atoms with Crippen LogP contribution < -0.4 is 0 Å². The summed E-state index contributed by atoms with van der Waals surface area (Å²) in [5.74, 6) is -0.443. The summed E-state index contributed by atoms with van der Waals surface area (Å²) >= 11 is 0. The second kappa shape index (κ2) is 8.26. The number of hydrogen-bond donors (Lipinski definition) is 1. The fraction of sp³-hybridized carbons (Fsp3) is 0.458. The Morgan fingerprint density at radius 2 is 1.59 bits per heavy atom. The van der Waals surface area contributed by atoms with Gasteiger partial charge in [-0.3, -0.25) is 9.69 Å². The van der Waals surface area contributed by atoms with Crippen LogP contribution in [-0.2, 0) is 4.79 Å². The molecule has 0 radical (unpaired) electrons. The lowest BCUT2D eigenvalue weighted by molar-refractivity contribution is -0.143. The summed E-state index contributed by atoms with van der Waals surface area (Å²) in [5, 5.41) is 9.54. The van der Waals surface area contributed by atoms with Crippen molar-refractivity contribution in [2.24, 2.45) is 5.92 Å². The average molecular weight is 366 g/mol. The summed E-state index contributed by atoms with van der Waals surface area (Å²) in [6.07, 6.45) is 1.71. The lowest BCUT2D eigenvalue weighted by Gasteiger charge is -2.38. The van der Waals surface area contributed by atoms with Crippen molar-refractivity contribution in [1.82, 2.24) is 4.90 Å². The molecule has 1 aliphatic heterocycles. The maximum atomic E-state index is 11.6. The van der Waals surface area contributed by atoms with E-state index < -0.39 is 5.97 Å². The van der Waals surface area contributed by atoms with Gasteiger partial charge in [-0.05, 0) is 55.8 Å². The first-order chi connectivity index (χ1) is 12.8. The minimum atomic E-state index is -0.672. The normalized spacial score (nSPS) is 19.2. The quantitative estimate of drug-likeness (QED) is 0.780. The van der Waals surface area contributed by atoms with Crippen LogP contribution in [0.25, 0.3) is 0 Å². The highest BCUT2D eigenvalue weighted by Crippen LogP contribution is 2.34. The van der Waals surface area contributed by atoms with Gasteiger partial charge in [-0.15, -0.1) is 0 Å². The number of aryl methyl sites for hydroxylation is 2. The molecule has 3 rings (SSSR count). The lowest BCUT2D eigenvalue weighted by atomic mass is 9.89. The minimum absolute atomic E-state index is 0.104. The number of benzene rings is 2. The van der Waals surface area contributed by atoms with Crippen LogP contribution in [0.1, 0.15) is 66.5 Å². The summed E-state index contributed by atoms with van der Waals surface area (Å²) in [7, 11) is 0. The number of carbonyl (C=O) groups is 1. The molecule has 3 nitrogen and oxygen atoms in total. The Labute approximate surface area is 163 Å². The molecule has 144 valence electrons. The number of likely N-dealkylation sites (tertiary alicyclic amines) is 1. The third-order valence-electron chi connectivity index (χ3n) is 5.65. The highest BCUT2D eigenvalue weighted by molar-refractivity contribution is 5.70. The van der Waals surface area contributed by atoms with Crippen molar-refractivity contribution in [3.05, 3.63) is 70.3 Å². The fourth-order valence-corrected chi connectivity index (χ4v) is 4.29. The molecule has 2 aromatic rings. The van der Waals surface area contributed by atoms with Crippen LogP contribution in [0, 0.1) is 19.8 Å². The molecule has 1 heterocycles. The van der Waals surface area contributed by atoms with Gasteiger partial charge in [-0.25, -0.2) is 0 Å². The molecule has 0 aromatic heterocycles. The zero-order valence-electron chi connectivity index (χ0n) is 16.9. The lowest BCUT2D eigenvalue weighted by Crippen LogP contribution is -2.41. The predicted molar refractivity (Wildman–Crippen MR) is 110 cm³/mol. The molecular formula is C24H31NO2. The van der Waals surface area contributed by atoms with Gasteiger partial charge in [0.25, 0.3) is 0 Å². The van der Waals surface area contributed by atoms with Gasteiger partial charge in [0.1, 0.15) is 0 Å². The first kappa shape index (κ1) is 19.6. The van der Waals surface area contributed by atoms with E-state index in [4.69, 9.17) is 0 Å². The van der Waals surface area contributed by atoms with Gasteiger partial charge in [0, 0.05) is 6.54 Å². The van der Waals surface area contributed by atoms with E-state index in [1.165, 1.54) is 27.8 Å². The van der Waals surface area contributed by atoms with Crippen molar-refractivity contribution in [2.45, 2.75) is 52.5 Å². The Balaban J connectivity index is 2.01. The molecule has 2 aromatic carbocycles. The molecule has 3 heteroatoms. The van der Waals surface area contributed by atoms with E-state index in [1.54, 1.807) is 0 Å². The molecule has 1 fully saturated rings. The number of piperidine rings is 1. The summed E-state index contributed by atoms with van der Waals surface area (Å²) in [6.45, 7) is 10.2. The van der Waals surface area contributed by atoms with E-state index in [0.29, 0.717) is 12.5 Å². The molecule has 2 unspecified atom stereocenters. The number of rotatable bonds is 5. The number of aliphatic carboxylic acids is 1. The zero-order valence-corrected chi connectivity index (χ0v) is 16.9. The third kappa shape index (κ3) is 4.59. The topological polar surface area (TPSA) is 40.5 Å². The van der Waals surface area contributed by atoms with E-state index in [0.717, 1.165) is 19.4 Å². The monoisotopic (exact) mass is 365 g/mol. The Kier molecular flexibility index (Phi) is 6.01. The van der Waals surface area contributed by atoms with Gasteiger partial charge >= 0.3 is 5.97 Å². The highest BCUT2D eigenvalue weighted by Gasteiger charge is 2.31. The van der Waals surface area contributed by atoms with Gasteiger partial charge in [-0.2, -0.15) is 0 Å². The summed E-state index contributed by atoms with van der Waals surface area (Å²) in [4.78, 5) is 14.0. The van der Waals surface area contributed by atoms with Gasteiger partial charge in [0.15, 0.2) is 0 Å². The smallest absolute Gasteiger partial charge is 0.307 e. The molecule has 1 aliphatic rings. The van der Waals surface area contributed by atoms with Crippen molar-refractivity contribution in [2.75, 3.05) is 13.1 Å². The largest absolute Gasteiger partial charge is 0.481 e. The maximum Gasteiger partial charge on any atom is 0.307 e. The number of carboxylic acid groups (broad SMARTS) is 1. The average Bonchev–Trinajstić information content (AvgIpc) is 2.62. The number of nitrogens with zero attached hydrogens (tertiary/aromatic N) is 1. The molecule has 0 saturated carbocycles. The van der Waals surface area contributed by atoms with Crippen molar-refractivity contribution in [3.63, 3.8) is 0 Å². The SMILES string of the molecule is Cc1cc(C)cc(C(c2ccc(C(C)C)cc2)N2CCCC(C(=O)O)C2)c1. The van der Waals surface area contributed by atoms with Crippen LogP contribution >= 0.6 is 0 Å². The zero-order chi connectivity index (χ0) is 19.6. The standard InChI is InChI=1S/C24H31NO2/c1-16(2)19-7-9-20(10-8-19)23(22-13-17(3)12-18(4)14-22)25-11-5-6-21(15-25)24(26)27/h7-10,12-14,16,21,23H,5-6,11,15H2,1-4H3,(H,26,27). The van der Waals surface area contributed by atoms with Crippen LogP contribution in [-0.4, -0.2) is 29.1 Å². The second-order valence-corrected chi connectivity index (χ2v) is 8.32. The molecule has 1 N–H and O–H groups in total. The molecule has 2 atom stereocenters. The molecule has 0 bridgehead atoms. The van der Waals surface area contributed by atoms with Crippen LogP contribution in [0.3, 0.4) is 0 Å². The molecule has 1 saturated heterocycles. The Hall–Kier alpha value is -2.13. The second-order valence-electron chi connectivity index (χ2n) is 8.32. The van der Waals surface area contributed by atoms with Crippen molar-refractivity contribution in [1.29, 1.82) is 0 Å². The van der Waals surface area contributed by atoms with Crippen LogP contribution in [0.15, 0.2) is 42.5 Å². The first-order valence-corrected chi connectivity index (χ1v) is 10.00. The van der Waals surface area contributed by atoms with E-state index >= 15 is 0 Å². The van der Waals surface area contributed by atoms with Crippen LogP contribution in [0.4, 0.5) is 0 Å². The van der Waals surface area contributed by atoms with Gasteiger partial charge in [0.2, 0.25) is 0 Å². The van der Waals surface area contributed by atoms with E-state index in [9.17, 15) is 9.90 Å². The maximum absolute atomic E-state index is 11.6. The van der Waals surface area contributed by atoms with E-state index in [-0.39, 0.29) is 12.0 Å². The van der Waals surface area contributed by atoms with Crippen LogP contribution in [0.2, 0.25) is 0 Å². The Bertz CT molecular complexity index is 774. The van der Waals surface area contributed by atoms with E-state index in [1.807, 2.05) is 0 Å².